The van der Waals surface area contributed by atoms with E-state index in [1.165, 1.54) is 36.5 Å². The van der Waals surface area contributed by atoms with Crippen molar-refractivity contribution in [3.63, 3.8) is 0 Å². The minimum atomic E-state index is -2.06. The van der Waals surface area contributed by atoms with Crippen molar-refractivity contribution in [3.8, 4) is 32.3 Å². The van der Waals surface area contributed by atoms with Crippen molar-refractivity contribution in [1.29, 1.82) is 4.78 Å². The summed E-state index contributed by atoms with van der Waals surface area (Å²) in [4.78, 5) is 8.77. The molecule has 0 bridgehead atoms. The van der Waals surface area contributed by atoms with Gasteiger partial charge in [-0.05, 0) is 40.9 Å². The molecule has 0 amide bonds. The lowest BCUT2D eigenvalue weighted by atomic mass is 10.1. The van der Waals surface area contributed by atoms with E-state index in [4.69, 9.17) is 4.78 Å². The van der Waals surface area contributed by atoms with E-state index < -0.39 is 28.0 Å². The van der Waals surface area contributed by atoms with Gasteiger partial charge in [-0.1, -0.05) is 24.3 Å². The molecule has 0 atom stereocenters. The Bertz CT molecular complexity index is 1270. The SMILES string of the molecule is N=[S-](=O)c1cc(-c2sc(-c3c(F)cccc3F)nc2-c2cccc(F)c2)ccn1. The summed E-state index contributed by atoms with van der Waals surface area (Å²) < 4.78 is 61.3. The molecule has 0 aliphatic carbocycles. The van der Waals surface area contributed by atoms with Gasteiger partial charge < -0.3 is 8.99 Å². The van der Waals surface area contributed by atoms with E-state index in [0.717, 1.165) is 23.5 Å². The van der Waals surface area contributed by atoms with Crippen molar-refractivity contribution < 1.29 is 17.4 Å². The molecule has 1 N–H and O–H groups in total. The first kappa shape index (κ1) is 19.3. The lowest BCUT2D eigenvalue weighted by Crippen LogP contribution is -1.89. The van der Waals surface area contributed by atoms with E-state index in [1.54, 1.807) is 12.1 Å². The standard InChI is InChI=1S/C20H11F3N3OS2/c21-13-4-1-3-11(9-13)18-19(12-7-8-25-16(10-12)29(24)27)28-20(26-18)17-14(22)5-2-6-15(17)23/h1-10,24H/q-1. The van der Waals surface area contributed by atoms with Crippen LogP contribution in [0.4, 0.5) is 13.2 Å². The molecule has 9 heteroatoms. The zero-order valence-electron chi connectivity index (χ0n) is 14.5. The molecule has 4 aromatic rings. The Morgan fingerprint density at radius 3 is 2.34 bits per heavy atom. The van der Waals surface area contributed by atoms with Crippen LogP contribution in [0.15, 0.2) is 65.8 Å². The van der Waals surface area contributed by atoms with Gasteiger partial charge >= 0.3 is 0 Å². The fraction of sp³-hybridized carbons (Fsp3) is 0. The van der Waals surface area contributed by atoms with E-state index in [2.05, 4.69) is 9.97 Å². The van der Waals surface area contributed by atoms with Crippen LogP contribution in [-0.2, 0) is 14.8 Å². The summed E-state index contributed by atoms with van der Waals surface area (Å²) in [5.41, 5.74) is 0.972. The zero-order valence-corrected chi connectivity index (χ0v) is 16.2. The average molecular weight is 430 g/mol. The highest BCUT2D eigenvalue weighted by Crippen LogP contribution is 2.42. The number of benzene rings is 2. The molecule has 29 heavy (non-hydrogen) atoms. The molecule has 2 aromatic carbocycles. The smallest absolute Gasteiger partial charge is 0.136 e. The second-order valence-electron chi connectivity index (χ2n) is 5.96. The van der Waals surface area contributed by atoms with Crippen molar-refractivity contribution in [2.45, 2.75) is 5.03 Å². The van der Waals surface area contributed by atoms with E-state index in [-0.39, 0.29) is 15.6 Å². The van der Waals surface area contributed by atoms with Crippen LogP contribution in [0.5, 0.6) is 0 Å². The Labute approximate surface area is 169 Å². The van der Waals surface area contributed by atoms with E-state index in [0.29, 0.717) is 21.7 Å². The summed E-state index contributed by atoms with van der Waals surface area (Å²) in [5, 5.41) is 0.111. The minimum Gasteiger partial charge on any atom is -0.439 e. The van der Waals surface area contributed by atoms with Gasteiger partial charge in [0.1, 0.15) is 22.5 Å². The Kier molecular flexibility index (Phi) is 5.16. The molecule has 0 aliphatic heterocycles. The maximum atomic E-state index is 14.3. The molecule has 4 rings (SSSR count). The summed E-state index contributed by atoms with van der Waals surface area (Å²) in [6.07, 6.45) is 1.38. The maximum absolute atomic E-state index is 14.3. The molecule has 4 nitrogen and oxygen atoms in total. The lowest BCUT2D eigenvalue weighted by molar-refractivity contribution is 0.589. The number of hydrogen-bond donors (Lipinski definition) is 1. The monoisotopic (exact) mass is 430 g/mol. The van der Waals surface area contributed by atoms with E-state index in [1.807, 2.05) is 0 Å². The molecule has 0 spiro atoms. The number of pyridine rings is 1. The summed E-state index contributed by atoms with van der Waals surface area (Å²) in [7, 11) is -2.06. The first-order valence-corrected chi connectivity index (χ1v) is 10.2. The average Bonchev–Trinajstić information content (AvgIpc) is 3.13. The maximum Gasteiger partial charge on any atom is 0.136 e. The highest BCUT2D eigenvalue weighted by Gasteiger charge is 2.21. The van der Waals surface area contributed by atoms with E-state index >= 15 is 0 Å². The number of thiazole rings is 1. The van der Waals surface area contributed by atoms with Gasteiger partial charge in [-0.25, -0.2) is 18.2 Å². The third kappa shape index (κ3) is 3.79. The molecule has 0 aliphatic rings. The van der Waals surface area contributed by atoms with E-state index in [9.17, 15) is 17.4 Å². The molecular weight excluding hydrogens is 419 g/mol. The predicted octanol–water partition coefficient (Wildman–Crippen LogP) is 6.04. The summed E-state index contributed by atoms with van der Waals surface area (Å²) in [6, 6.07) is 12.3. The summed E-state index contributed by atoms with van der Waals surface area (Å²) in [6.45, 7) is 0. The van der Waals surface area contributed by atoms with Crippen LogP contribution < -0.4 is 0 Å². The number of halogens is 3. The number of nitrogens with one attached hydrogen (secondary N) is 1. The van der Waals surface area contributed by atoms with Crippen LogP contribution in [-0.4, -0.2) is 9.97 Å². The van der Waals surface area contributed by atoms with Crippen LogP contribution in [0.25, 0.3) is 32.3 Å². The van der Waals surface area contributed by atoms with Gasteiger partial charge in [0.25, 0.3) is 0 Å². The lowest BCUT2D eigenvalue weighted by Gasteiger charge is -2.06. The van der Waals surface area contributed by atoms with Crippen molar-refractivity contribution >= 4 is 21.9 Å². The van der Waals surface area contributed by atoms with Crippen molar-refractivity contribution in [3.05, 3.63) is 78.2 Å². The highest BCUT2D eigenvalue weighted by molar-refractivity contribution is 7.73. The fourth-order valence-corrected chi connectivity index (χ4v) is 4.33. The number of hydrogen-bond acceptors (Lipinski definition) is 6. The molecular formula is C20H11F3N3OS2-. The quantitative estimate of drug-likeness (QED) is 0.401. The third-order valence-electron chi connectivity index (χ3n) is 4.09. The van der Waals surface area contributed by atoms with Crippen LogP contribution in [0.2, 0.25) is 0 Å². The summed E-state index contributed by atoms with van der Waals surface area (Å²) in [5.74, 6) is -2.01. The fourth-order valence-electron chi connectivity index (χ4n) is 2.81. The van der Waals surface area contributed by atoms with Gasteiger partial charge in [0.05, 0.1) is 16.1 Å². The number of nitrogens with zero attached hydrogens (tertiary/aromatic N) is 2. The van der Waals surface area contributed by atoms with Gasteiger partial charge in [0, 0.05) is 11.8 Å². The first-order chi connectivity index (χ1) is 13.9. The minimum absolute atomic E-state index is 0.0275. The Morgan fingerprint density at radius 2 is 1.66 bits per heavy atom. The molecule has 2 aromatic heterocycles. The summed E-state index contributed by atoms with van der Waals surface area (Å²) >= 11 is 1.01. The van der Waals surface area contributed by atoms with Crippen LogP contribution in [0.1, 0.15) is 0 Å². The van der Waals surface area contributed by atoms with Gasteiger partial charge in [0.15, 0.2) is 0 Å². The molecule has 146 valence electrons. The van der Waals surface area contributed by atoms with Crippen molar-refractivity contribution in [2.75, 3.05) is 0 Å². The van der Waals surface area contributed by atoms with Crippen molar-refractivity contribution in [1.82, 2.24) is 9.97 Å². The Hall–Kier alpha value is -3.04. The predicted molar refractivity (Wildman–Crippen MR) is 105 cm³/mol. The van der Waals surface area contributed by atoms with Crippen LogP contribution in [0.3, 0.4) is 0 Å². The molecule has 0 saturated heterocycles. The van der Waals surface area contributed by atoms with Gasteiger partial charge in [0.2, 0.25) is 0 Å². The third-order valence-corrected chi connectivity index (χ3v) is 5.81. The first-order valence-electron chi connectivity index (χ1n) is 8.24. The van der Waals surface area contributed by atoms with Gasteiger partial charge in [-0.2, -0.15) is 0 Å². The Morgan fingerprint density at radius 1 is 0.931 bits per heavy atom. The largest absolute Gasteiger partial charge is 0.439 e. The molecule has 0 radical (unpaired) electrons. The number of rotatable bonds is 4. The zero-order chi connectivity index (χ0) is 20.5. The molecule has 0 saturated carbocycles. The topological polar surface area (TPSA) is 66.7 Å². The molecule has 0 unspecified atom stereocenters. The van der Waals surface area contributed by atoms with Gasteiger partial charge in [-0.3, -0.25) is 4.98 Å². The van der Waals surface area contributed by atoms with Crippen molar-refractivity contribution in [2.24, 2.45) is 0 Å². The van der Waals surface area contributed by atoms with Crippen LogP contribution >= 0.6 is 11.3 Å². The Balaban J connectivity index is 1.99. The van der Waals surface area contributed by atoms with Crippen LogP contribution in [0, 0.1) is 22.2 Å². The highest BCUT2D eigenvalue weighted by atomic mass is 32.2. The molecule has 0 fully saturated rings. The van der Waals surface area contributed by atoms with Gasteiger partial charge in [-0.15, -0.1) is 21.9 Å². The number of aromatic nitrogens is 2. The molecule has 2 heterocycles. The second kappa shape index (κ2) is 7.76. The second-order valence-corrected chi connectivity index (χ2v) is 7.91. The normalized spacial score (nSPS) is 11.2.